The van der Waals surface area contributed by atoms with Crippen molar-refractivity contribution in [2.75, 3.05) is 13.1 Å². The molecule has 1 aliphatic heterocycles. The number of nitrogens with one attached hydrogen (secondary N) is 1. The highest BCUT2D eigenvalue weighted by Gasteiger charge is 2.33. The summed E-state index contributed by atoms with van der Waals surface area (Å²) in [4.78, 5) is 36.2. The minimum atomic E-state index is -0.959. The number of carboxylic acids is 1. The Labute approximate surface area is 129 Å². The summed E-state index contributed by atoms with van der Waals surface area (Å²) in [5, 5.41) is 11.7. The Morgan fingerprint density at radius 3 is 2.64 bits per heavy atom. The third-order valence-electron chi connectivity index (χ3n) is 3.73. The molecule has 2 N–H and O–H groups in total. The lowest BCUT2D eigenvalue weighted by molar-refractivity contribution is -0.148. The molecule has 1 fully saturated rings. The van der Waals surface area contributed by atoms with E-state index in [-0.39, 0.29) is 31.2 Å². The molecule has 1 saturated heterocycles. The van der Waals surface area contributed by atoms with Gasteiger partial charge in [0.25, 0.3) is 0 Å². The molecule has 2 rings (SSSR count). The standard InChI is InChI=1S/C16H20N2O4/c19-14(11-12-5-2-1-3-6-12)17-9-8-15(20)18-10-4-7-13(18)16(21)22/h1-3,5-6,13H,4,7-11H2,(H,17,19)(H,21,22). The number of amides is 2. The summed E-state index contributed by atoms with van der Waals surface area (Å²) in [6.07, 6.45) is 1.62. The Bertz CT molecular complexity index is 544. The van der Waals surface area contributed by atoms with Gasteiger partial charge in [-0.25, -0.2) is 4.79 Å². The van der Waals surface area contributed by atoms with Crippen molar-refractivity contribution in [3.05, 3.63) is 35.9 Å². The first kappa shape index (κ1) is 16.0. The predicted octanol–water partition coefficient (Wildman–Crippen LogP) is 0.811. The van der Waals surface area contributed by atoms with E-state index in [9.17, 15) is 14.4 Å². The molecule has 0 spiro atoms. The minimum absolute atomic E-state index is 0.129. The van der Waals surface area contributed by atoms with Gasteiger partial charge in [-0.15, -0.1) is 0 Å². The Kier molecular flexibility index (Phi) is 5.52. The fraction of sp³-hybridized carbons (Fsp3) is 0.438. The molecule has 1 aromatic rings. The lowest BCUT2D eigenvalue weighted by Gasteiger charge is -2.21. The Morgan fingerprint density at radius 1 is 1.23 bits per heavy atom. The maximum absolute atomic E-state index is 12.0. The van der Waals surface area contributed by atoms with Crippen LogP contribution in [-0.2, 0) is 20.8 Å². The fourth-order valence-corrected chi connectivity index (χ4v) is 2.62. The van der Waals surface area contributed by atoms with Crippen LogP contribution in [0.4, 0.5) is 0 Å². The van der Waals surface area contributed by atoms with Gasteiger partial charge in [0.2, 0.25) is 11.8 Å². The van der Waals surface area contributed by atoms with E-state index in [4.69, 9.17) is 5.11 Å². The van der Waals surface area contributed by atoms with Crippen LogP contribution in [0.1, 0.15) is 24.8 Å². The van der Waals surface area contributed by atoms with Crippen LogP contribution in [0.25, 0.3) is 0 Å². The van der Waals surface area contributed by atoms with Gasteiger partial charge in [-0.1, -0.05) is 30.3 Å². The van der Waals surface area contributed by atoms with Crippen molar-refractivity contribution in [3.8, 4) is 0 Å². The molecule has 118 valence electrons. The minimum Gasteiger partial charge on any atom is -0.480 e. The van der Waals surface area contributed by atoms with E-state index in [1.54, 1.807) is 0 Å². The third kappa shape index (κ3) is 4.31. The summed E-state index contributed by atoms with van der Waals surface area (Å²) in [6, 6.07) is 8.64. The topological polar surface area (TPSA) is 86.7 Å². The molecule has 1 unspecified atom stereocenters. The largest absolute Gasteiger partial charge is 0.480 e. The Balaban J connectivity index is 1.73. The normalized spacial score (nSPS) is 17.3. The zero-order chi connectivity index (χ0) is 15.9. The van der Waals surface area contributed by atoms with Crippen LogP contribution < -0.4 is 5.32 Å². The fourth-order valence-electron chi connectivity index (χ4n) is 2.62. The maximum atomic E-state index is 12.0. The number of benzene rings is 1. The van der Waals surface area contributed by atoms with Crippen molar-refractivity contribution >= 4 is 17.8 Å². The van der Waals surface area contributed by atoms with E-state index in [0.29, 0.717) is 19.4 Å². The van der Waals surface area contributed by atoms with Crippen LogP contribution in [0.3, 0.4) is 0 Å². The number of nitrogens with zero attached hydrogens (tertiary/aromatic N) is 1. The third-order valence-corrected chi connectivity index (χ3v) is 3.73. The van der Waals surface area contributed by atoms with E-state index in [1.807, 2.05) is 30.3 Å². The zero-order valence-electron chi connectivity index (χ0n) is 12.3. The van der Waals surface area contributed by atoms with Crippen LogP contribution >= 0.6 is 0 Å². The van der Waals surface area contributed by atoms with E-state index < -0.39 is 12.0 Å². The smallest absolute Gasteiger partial charge is 0.326 e. The van der Waals surface area contributed by atoms with E-state index in [2.05, 4.69) is 5.32 Å². The van der Waals surface area contributed by atoms with Gasteiger partial charge < -0.3 is 15.3 Å². The van der Waals surface area contributed by atoms with Crippen molar-refractivity contribution in [3.63, 3.8) is 0 Å². The second-order valence-electron chi connectivity index (χ2n) is 5.35. The Hall–Kier alpha value is -2.37. The number of carbonyl (C=O) groups is 3. The van der Waals surface area contributed by atoms with Gasteiger partial charge in [0.1, 0.15) is 6.04 Å². The maximum Gasteiger partial charge on any atom is 0.326 e. The summed E-state index contributed by atoms with van der Waals surface area (Å²) >= 11 is 0. The zero-order valence-corrected chi connectivity index (χ0v) is 12.3. The average molecular weight is 304 g/mol. The summed E-state index contributed by atoms with van der Waals surface area (Å²) in [6.45, 7) is 0.709. The van der Waals surface area contributed by atoms with Gasteiger partial charge in [-0.05, 0) is 18.4 Å². The van der Waals surface area contributed by atoms with Crippen LogP contribution in [0.15, 0.2) is 30.3 Å². The molecule has 0 aliphatic carbocycles. The molecule has 22 heavy (non-hydrogen) atoms. The summed E-state index contributed by atoms with van der Waals surface area (Å²) < 4.78 is 0. The molecular weight excluding hydrogens is 284 g/mol. The predicted molar refractivity (Wildman–Crippen MR) is 80.1 cm³/mol. The van der Waals surface area contributed by atoms with Gasteiger partial charge >= 0.3 is 5.97 Å². The number of rotatable bonds is 6. The van der Waals surface area contributed by atoms with Crippen molar-refractivity contribution in [2.24, 2.45) is 0 Å². The highest BCUT2D eigenvalue weighted by Crippen LogP contribution is 2.18. The molecule has 1 atom stereocenters. The summed E-state index contributed by atoms with van der Waals surface area (Å²) in [5.41, 5.74) is 0.914. The van der Waals surface area contributed by atoms with Crippen molar-refractivity contribution in [1.82, 2.24) is 10.2 Å². The lowest BCUT2D eigenvalue weighted by atomic mass is 10.1. The van der Waals surface area contributed by atoms with Crippen molar-refractivity contribution < 1.29 is 19.5 Å². The SMILES string of the molecule is O=C(Cc1ccccc1)NCCC(=O)N1CCCC1C(=O)O. The van der Waals surface area contributed by atoms with Gasteiger partial charge in [0, 0.05) is 19.5 Å². The number of likely N-dealkylation sites (tertiary alicyclic amines) is 1. The molecule has 6 heteroatoms. The molecule has 0 saturated carbocycles. The molecular formula is C16H20N2O4. The number of hydrogen-bond donors (Lipinski definition) is 2. The first-order valence-corrected chi connectivity index (χ1v) is 7.41. The van der Waals surface area contributed by atoms with Crippen LogP contribution in [0.2, 0.25) is 0 Å². The van der Waals surface area contributed by atoms with Gasteiger partial charge in [0.05, 0.1) is 6.42 Å². The average Bonchev–Trinajstić information content (AvgIpc) is 2.98. The molecule has 1 aromatic carbocycles. The molecule has 0 aromatic heterocycles. The molecule has 0 bridgehead atoms. The molecule has 1 aliphatic rings. The molecule has 2 amide bonds. The number of aliphatic carboxylic acids is 1. The van der Waals surface area contributed by atoms with E-state index in [1.165, 1.54) is 4.90 Å². The lowest BCUT2D eigenvalue weighted by Crippen LogP contribution is -2.41. The number of carbonyl (C=O) groups excluding carboxylic acids is 2. The van der Waals surface area contributed by atoms with E-state index in [0.717, 1.165) is 5.56 Å². The number of hydrogen-bond acceptors (Lipinski definition) is 3. The van der Waals surface area contributed by atoms with Crippen LogP contribution in [0.5, 0.6) is 0 Å². The highest BCUT2D eigenvalue weighted by molar-refractivity contribution is 5.85. The second-order valence-corrected chi connectivity index (χ2v) is 5.35. The van der Waals surface area contributed by atoms with E-state index >= 15 is 0 Å². The molecule has 0 radical (unpaired) electrons. The van der Waals surface area contributed by atoms with Gasteiger partial charge in [-0.3, -0.25) is 9.59 Å². The van der Waals surface area contributed by atoms with Crippen molar-refractivity contribution in [1.29, 1.82) is 0 Å². The first-order chi connectivity index (χ1) is 10.6. The summed E-state index contributed by atoms with van der Waals surface area (Å²) in [5.74, 6) is -1.32. The highest BCUT2D eigenvalue weighted by atomic mass is 16.4. The van der Waals surface area contributed by atoms with Gasteiger partial charge in [0.15, 0.2) is 0 Å². The monoisotopic (exact) mass is 304 g/mol. The molecule has 6 nitrogen and oxygen atoms in total. The number of carboxylic acid groups (broad SMARTS) is 1. The van der Waals surface area contributed by atoms with Crippen LogP contribution in [-0.4, -0.2) is 46.9 Å². The summed E-state index contributed by atoms with van der Waals surface area (Å²) in [7, 11) is 0. The first-order valence-electron chi connectivity index (χ1n) is 7.41. The molecule has 1 heterocycles. The van der Waals surface area contributed by atoms with Crippen molar-refractivity contribution in [2.45, 2.75) is 31.7 Å². The quantitative estimate of drug-likeness (QED) is 0.814. The Morgan fingerprint density at radius 2 is 1.95 bits per heavy atom. The van der Waals surface area contributed by atoms with Crippen LogP contribution in [0, 0.1) is 0 Å². The second kappa shape index (κ2) is 7.59. The van der Waals surface area contributed by atoms with Gasteiger partial charge in [-0.2, -0.15) is 0 Å².